The van der Waals surface area contributed by atoms with Crippen molar-refractivity contribution in [2.75, 3.05) is 13.1 Å². The van der Waals surface area contributed by atoms with Crippen LogP contribution in [0.25, 0.3) is 0 Å². The van der Waals surface area contributed by atoms with E-state index in [0.29, 0.717) is 6.54 Å². The van der Waals surface area contributed by atoms with Gasteiger partial charge in [-0.25, -0.2) is 4.79 Å². The van der Waals surface area contributed by atoms with Crippen LogP contribution in [0.1, 0.15) is 18.9 Å². The molecule has 0 aromatic heterocycles. The van der Waals surface area contributed by atoms with Crippen molar-refractivity contribution in [1.82, 2.24) is 4.90 Å². The Morgan fingerprint density at radius 1 is 1.28 bits per heavy atom. The van der Waals surface area contributed by atoms with Crippen LogP contribution in [0.5, 0.6) is 0 Å². The van der Waals surface area contributed by atoms with Crippen LogP contribution in [-0.2, 0) is 16.1 Å². The van der Waals surface area contributed by atoms with Gasteiger partial charge in [0.25, 0.3) is 0 Å². The number of nitrogens with zero attached hydrogens (tertiary/aromatic N) is 1. The first-order valence-corrected chi connectivity index (χ1v) is 5.81. The molecular formula is C13H17NO4. The number of amides is 1. The molecule has 1 aromatic rings. The second kappa shape index (κ2) is 7.32. The molecule has 0 aliphatic carbocycles. The summed E-state index contributed by atoms with van der Waals surface area (Å²) in [7, 11) is 0. The van der Waals surface area contributed by atoms with Crippen molar-refractivity contribution in [1.29, 1.82) is 0 Å². The highest BCUT2D eigenvalue weighted by atomic mass is 16.6. The second-order valence-electron chi connectivity index (χ2n) is 3.76. The molecule has 1 aromatic carbocycles. The van der Waals surface area contributed by atoms with E-state index >= 15 is 0 Å². The maximum Gasteiger partial charge on any atom is 0.410 e. The van der Waals surface area contributed by atoms with Crippen LogP contribution in [0.4, 0.5) is 4.79 Å². The van der Waals surface area contributed by atoms with E-state index in [-0.39, 0.29) is 19.6 Å². The quantitative estimate of drug-likeness (QED) is 0.841. The van der Waals surface area contributed by atoms with Gasteiger partial charge in [0.2, 0.25) is 0 Å². The molecule has 0 aliphatic rings. The number of carbonyl (C=O) groups excluding carboxylic acids is 1. The predicted octanol–water partition coefficient (Wildman–Crippen LogP) is 2.12. The van der Waals surface area contributed by atoms with Crippen molar-refractivity contribution in [3.05, 3.63) is 35.9 Å². The zero-order valence-corrected chi connectivity index (χ0v) is 10.3. The lowest BCUT2D eigenvalue weighted by Crippen LogP contribution is -2.33. The van der Waals surface area contributed by atoms with Gasteiger partial charge in [-0.3, -0.25) is 4.79 Å². The number of rotatable bonds is 6. The van der Waals surface area contributed by atoms with Crippen LogP contribution in [0.3, 0.4) is 0 Å². The Hall–Kier alpha value is -2.04. The van der Waals surface area contributed by atoms with E-state index in [4.69, 9.17) is 9.84 Å². The molecule has 0 saturated heterocycles. The molecule has 98 valence electrons. The number of hydrogen-bond acceptors (Lipinski definition) is 3. The maximum atomic E-state index is 11.7. The first kappa shape index (κ1) is 14.0. The van der Waals surface area contributed by atoms with Crippen molar-refractivity contribution in [2.24, 2.45) is 0 Å². The van der Waals surface area contributed by atoms with Crippen LogP contribution < -0.4 is 0 Å². The predicted molar refractivity (Wildman–Crippen MR) is 66.1 cm³/mol. The second-order valence-corrected chi connectivity index (χ2v) is 3.76. The highest BCUT2D eigenvalue weighted by molar-refractivity contribution is 5.70. The highest BCUT2D eigenvalue weighted by Gasteiger charge is 2.14. The van der Waals surface area contributed by atoms with Gasteiger partial charge in [0, 0.05) is 13.1 Å². The normalized spacial score (nSPS) is 9.83. The molecule has 5 heteroatoms. The van der Waals surface area contributed by atoms with E-state index < -0.39 is 12.1 Å². The molecule has 0 spiro atoms. The van der Waals surface area contributed by atoms with Crippen molar-refractivity contribution in [3.63, 3.8) is 0 Å². The van der Waals surface area contributed by atoms with E-state index in [2.05, 4.69) is 0 Å². The molecular weight excluding hydrogens is 234 g/mol. The molecule has 0 fully saturated rings. The van der Waals surface area contributed by atoms with Crippen molar-refractivity contribution in [3.8, 4) is 0 Å². The summed E-state index contributed by atoms with van der Waals surface area (Å²) >= 11 is 0. The first-order valence-electron chi connectivity index (χ1n) is 5.81. The van der Waals surface area contributed by atoms with E-state index in [1.807, 2.05) is 30.3 Å². The third kappa shape index (κ3) is 4.86. The van der Waals surface area contributed by atoms with Crippen LogP contribution in [0.2, 0.25) is 0 Å². The van der Waals surface area contributed by atoms with Crippen molar-refractivity contribution >= 4 is 12.1 Å². The first-order chi connectivity index (χ1) is 8.63. The third-order valence-electron chi connectivity index (χ3n) is 2.44. The van der Waals surface area contributed by atoms with Gasteiger partial charge in [-0.05, 0) is 12.5 Å². The van der Waals surface area contributed by atoms with Crippen molar-refractivity contribution in [2.45, 2.75) is 20.0 Å². The maximum absolute atomic E-state index is 11.7. The zero-order chi connectivity index (χ0) is 13.4. The molecule has 0 saturated carbocycles. The van der Waals surface area contributed by atoms with Crippen LogP contribution in [-0.4, -0.2) is 35.2 Å². The van der Waals surface area contributed by atoms with Gasteiger partial charge in [-0.1, -0.05) is 30.3 Å². The minimum absolute atomic E-state index is 0.0751. The van der Waals surface area contributed by atoms with E-state index in [0.717, 1.165) is 5.56 Å². The monoisotopic (exact) mass is 251 g/mol. The van der Waals surface area contributed by atoms with Gasteiger partial charge in [-0.2, -0.15) is 0 Å². The Morgan fingerprint density at radius 2 is 1.94 bits per heavy atom. The summed E-state index contributed by atoms with van der Waals surface area (Å²) in [6, 6.07) is 9.34. The molecule has 18 heavy (non-hydrogen) atoms. The molecule has 1 rings (SSSR count). The molecule has 0 aliphatic heterocycles. The van der Waals surface area contributed by atoms with Crippen molar-refractivity contribution < 1.29 is 19.4 Å². The van der Waals surface area contributed by atoms with E-state index in [1.54, 1.807) is 6.92 Å². The number of ether oxygens (including phenoxy) is 1. The van der Waals surface area contributed by atoms with E-state index in [9.17, 15) is 9.59 Å². The number of benzene rings is 1. The zero-order valence-electron chi connectivity index (χ0n) is 10.3. The summed E-state index contributed by atoms with van der Waals surface area (Å²) in [4.78, 5) is 23.5. The average molecular weight is 251 g/mol. The summed E-state index contributed by atoms with van der Waals surface area (Å²) in [5.41, 5.74) is 0.903. The van der Waals surface area contributed by atoms with E-state index in [1.165, 1.54) is 4.90 Å². The van der Waals surface area contributed by atoms with Gasteiger partial charge < -0.3 is 14.7 Å². The van der Waals surface area contributed by atoms with Crippen LogP contribution >= 0.6 is 0 Å². The largest absolute Gasteiger partial charge is 0.481 e. The summed E-state index contributed by atoms with van der Waals surface area (Å²) < 4.78 is 5.11. The third-order valence-corrected chi connectivity index (χ3v) is 2.44. The molecule has 0 atom stereocenters. The average Bonchev–Trinajstić information content (AvgIpc) is 2.38. The standard InChI is InChI=1S/C13H17NO4/c1-2-14(9-8-12(15)16)13(17)18-10-11-6-4-3-5-7-11/h3-7H,2,8-10H2,1H3,(H,15,16). The number of carboxylic acids is 1. The van der Waals surface area contributed by atoms with Crippen LogP contribution in [0, 0.1) is 0 Å². The Balaban J connectivity index is 2.40. The topological polar surface area (TPSA) is 66.8 Å². The molecule has 1 amide bonds. The Labute approximate surface area is 106 Å². The Bertz CT molecular complexity index is 391. The van der Waals surface area contributed by atoms with Gasteiger partial charge in [-0.15, -0.1) is 0 Å². The fourth-order valence-corrected chi connectivity index (χ4v) is 1.42. The van der Waals surface area contributed by atoms with Gasteiger partial charge in [0.1, 0.15) is 6.61 Å². The molecule has 0 heterocycles. The lowest BCUT2D eigenvalue weighted by Gasteiger charge is -2.19. The smallest absolute Gasteiger partial charge is 0.410 e. The number of carbonyl (C=O) groups is 2. The Morgan fingerprint density at radius 3 is 2.50 bits per heavy atom. The molecule has 0 bridgehead atoms. The number of hydrogen-bond donors (Lipinski definition) is 1. The lowest BCUT2D eigenvalue weighted by molar-refractivity contribution is -0.137. The Kier molecular flexibility index (Phi) is 5.70. The number of carboxylic acid groups (broad SMARTS) is 1. The van der Waals surface area contributed by atoms with Gasteiger partial charge in [0.05, 0.1) is 6.42 Å². The molecule has 0 unspecified atom stereocenters. The van der Waals surface area contributed by atoms with Gasteiger partial charge >= 0.3 is 12.1 Å². The molecule has 1 N–H and O–H groups in total. The lowest BCUT2D eigenvalue weighted by atomic mass is 10.2. The summed E-state index contributed by atoms with van der Waals surface area (Å²) in [5.74, 6) is -0.927. The molecule has 5 nitrogen and oxygen atoms in total. The highest BCUT2D eigenvalue weighted by Crippen LogP contribution is 2.03. The summed E-state index contributed by atoms with van der Waals surface area (Å²) in [6.45, 7) is 2.58. The minimum atomic E-state index is -0.927. The summed E-state index contributed by atoms with van der Waals surface area (Å²) in [5, 5.41) is 8.57. The summed E-state index contributed by atoms with van der Waals surface area (Å²) in [6.07, 6.45) is -0.559. The van der Waals surface area contributed by atoms with Gasteiger partial charge in [0.15, 0.2) is 0 Å². The molecule has 0 radical (unpaired) electrons. The minimum Gasteiger partial charge on any atom is -0.481 e. The fraction of sp³-hybridized carbons (Fsp3) is 0.385. The fourth-order valence-electron chi connectivity index (χ4n) is 1.42. The van der Waals surface area contributed by atoms with Crippen LogP contribution in [0.15, 0.2) is 30.3 Å². The number of aliphatic carboxylic acids is 1. The SMILES string of the molecule is CCN(CCC(=O)O)C(=O)OCc1ccccc1.